The lowest BCUT2D eigenvalue weighted by atomic mass is 11.6. The number of thiol groups is 1. The summed E-state index contributed by atoms with van der Waals surface area (Å²) in [7, 11) is 0. The molecular formula is CHClF2S. The van der Waals surface area contributed by atoms with Gasteiger partial charge in [0.25, 0.3) is 0 Å². The molecule has 0 N–H and O–H groups in total. The van der Waals surface area contributed by atoms with E-state index in [0.29, 0.717) is 0 Å². The monoisotopic (exact) mass is 118 g/mol. The summed E-state index contributed by atoms with van der Waals surface area (Å²) in [6, 6.07) is 0. The predicted molar refractivity (Wildman–Crippen MR) is 19.8 cm³/mol. The maximum atomic E-state index is 10.7. The van der Waals surface area contributed by atoms with Gasteiger partial charge >= 0.3 is 4.71 Å². The highest BCUT2D eigenvalue weighted by molar-refractivity contribution is 7.82. The molecule has 0 nitrogen and oxygen atoms in total. The topological polar surface area (TPSA) is 0 Å². The largest absolute Gasteiger partial charge is 0.368 e. The summed E-state index contributed by atoms with van der Waals surface area (Å²) in [5.41, 5.74) is 0. The highest BCUT2D eigenvalue weighted by Gasteiger charge is 2.14. The maximum Gasteiger partial charge on any atom is 0.368 e. The van der Waals surface area contributed by atoms with Crippen molar-refractivity contribution < 1.29 is 8.78 Å². The molecule has 0 saturated heterocycles. The summed E-state index contributed by atoms with van der Waals surface area (Å²) < 4.78 is 18.0. The van der Waals surface area contributed by atoms with Gasteiger partial charge in [-0.2, -0.15) is 8.78 Å². The molecule has 0 saturated carbocycles. The van der Waals surface area contributed by atoms with Crippen molar-refractivity contribution in [2.75, 3.05) is 0 Å². The predicted octanol–water partition coefficient (Wildman–Crippen LogP) is 1.71. The van der Waals surface area contributed by atoms with Crippen LogP contribution in [0.2, 0.25) is 0 Å². The molecule has 0 amide bonds. The van der Waals surface area contributed by atoms with E-state index in [1.54, 1.807) is 0 Å². The van der Waals surface area contributed by atoms with Crippen molar-refractivity contribution in [3.05, 3.63) is 0 Å². The molecule has 5 heavy (non-hydrogen) atoms. The van der Waals surface area contributed by atoms with Crippen LogP contribution in [0.25, 0.3) is 0 Å². The number of halogens is 3. The highest BCUT2D eigenvalue weighted by atomic mass is 35.5. The molecular weight excluding hydrogens is 118 g/mol. The molecule has 0 heterocycles. The van der Waals surface area contributed by atoms with Gasteiger partial charge in [0.05, 0.1) is 0 Å². The van der Waals surface area contributed by atoms with E-state index in [2.05, 4.69) is 24.2 Å². The third kappa shape index (κ3) is 113. The fourth-order valence-corrected chi connectivity index (χ4v) is 0. The molecule has 32 valence electrons. The molecule has 0 aliphatic rings. The van der Waals surface area contributed by atoms with E-state index in [0.717, 1.165) is 0 Å². The van der Waals surface area contributed by atoms with Gasteiger partial charge in [-0.1, -0.05) is 12.6 Å². The second kappa shape index (κ2) is 1.30. The molecule has 0 rings (SSSR count). The second-order valence-corrected chi connectivity index (χ2v) is 1.77. The minimum absolute atomic E-state index is 2.55. The Kier molecular flexibility index (Phi) is 1.44. The van der Waals surface area contributed by atoms with Crippen molar-refractivity contribution in [3.8, 4) is 0 Å². The molecule has 0 unspecified atom stereocenters. The number of hydrogen-bond donors (Lipinski definition) is 1. The Bertz CT molecular complexity index is 25.1. The van der Waals surface area contributed by atoms with Crippen LogP contribution in [0, 0.1) is 0 Å². The molecule has 0 aliphatic carbocycles. The van der Waals surface area contributed by atoms with E-state index in [9.17, 15) is 8.78 Å². The first-order valence-corrected chi connectivity index (χ1v) is 1.62. The Morgan fingerprint density at radius 3 is 1.60 bits per heavy atom. The van der Waals surface area contributed by atoms with Crippen molar-refractivity contribution >= 4 is 24.2 Å². The van der Waals surface area contributed by atoms with Crippen molar-refractivity contribution in [1.29, 1.82) is 0 Å². The Morgan fingerprint density at radius 2 is 1.60 bits per heavy atom. The van der Waals surface area contributed by atoms with Gasteiger partial charge in [0.2, 0.25) is 0 Å². The van der Waals surface area contributed by atoms with Crippen LogP contribution in [0.5, 0.6) is 0 Å². The van der Waals surface area contributed by atoms with Gasteiger partial charge in [-0.05, 0) is 11.6 Å². The zero-order chi connectivity index (χ0) is 4.50. The van der Waals surface area contributed by atoms with Crippen LogP contribution >= 0.6 is 24.2 Å². The summed E-state index contributed by atoms with van der Waals surface area (Å²) >= 11 is 6.62. The second-order valence-electron chi connectivity index (χ2n) is 0.468. The average molecular weight is 119 g/mol. The van der Waals surface area contributed by atoms with Crippen LogP contribution < -0.4 is 0 Å². The summed E-state index contributed by atoms with van der Waals surface area (Å²) in [4.78, 5) is 0. The van der Waals surface area contributed by atoms with Crippen molar-refractivity contribution in [2.24, 2.45) is 0 Å². The lowest BCUT2D eigenvalue weighted by molar-refractivity contribution is 0.206. The Morgan fingerprint density at radius 1 is 1.60 bits per heavy atom. The van der Waals surface area contributed by atoms with Crippen molar-refractivity contribution in [3.63, 3.8) is 0 Å². The standard InChI is InChI=1S/CHClF2S/c2-1(3,4)5/h5H. The SMILES string of the molecule is FC(F)(S)Cl. The minimum Gasteiger partial charge on any atom is -0.177 e. The molecule has 0 atom stereocenters. The Hall–Kier alpha value is 0.500. The first-order valence-electron chi connectivity index (χ1n) is 0.791. The van der Waals surface area contributed by atoms with Crippen LogP contribution in [-0.4, -0.2) is 4.71 Å². The molecule has 4 heteroatoms. The highest BCUT2D eigenvalue weighted by Crippen LogP contribution is 2.21. The van der Waals surface area contributed by atoms with Gasteiger partial charge in [-0.3, -0.25) is 0 Å². The van der Waals surface area contributed by atoms with E-state index in [1.165, 1.54) is 0 Å². The number of hydrogen-bond acceptors (Lipinski definition) is 1. The fourth-order valence-electron chi connectivity index (χ4n) is 0. The summed E-state index contributed by atoms with van der Waals surface area (Å²) in [6.07, 6.45) is 0. The molecule has 0 aromatic heterocycles. The van der Waals surface area contributed by atoms with Crippen LogP contribution in [0.15, 0.2) is 0 Å². The quantitative estimate of drug-likeness (QED) is 0.363. The van der Waals surface area contributed by atoms with E-state index in [4.69, 9.17) is 0 Å². The molecule has 0 fully saturated rings. The molecule has 0 aromatic rings. The third-order valence-electron chi connectivity index (χ3n) is 0. The van der Waals surface area contributed by atoms with E-state index in [1.807, 2.05) is 0 Å². The van der Waals surface area contributed by atoms with Gasteiger partial charge in [0.15, 0.2) is 0 Å². The Labute approximate surface area is 38.5 Å². The Balaban J connectivity index is 3.02. The molecule has 0 spiro atoms. The first-order chi connectivity index (χ1) is 2.00. The average Bonchev–Trinajstić information content (AvgIpc) is 0.722. The van der Waals surface area contributed by atoms with Gasteiger partial charge < -0.3 is 0 Å². The van der Waals surface area contributed by atoms with Crippen LogP contribution in [0.3, 0.4) is 0 Å². The van der Waals surface area contributed by atoms with Crippen LogP contribution in [0.4, 0.5) is 8.78 Å². The molecule has 0 bridgehead atoms. The van der Waals surface area contributed by atoms with E-state index < -0.39 is 4.71 Å². The van der Waals surface area contributed by atoms with Gasteiger partial charge in [0, 0.05) is 0 Å². The fraction of sp³-hybridized carbons (Fsp3) is 1.00. The maximum absolute atomic E-state index is 10.7. The summed E-state index contributed by atoms with van der Waals surface area (Å²) in [6.45, 7) is 0. The first kappa shape index (κ1) is 5.50. The van der Waals surface area contributed by atoms with Gasteiger partial charge in [-0.15, -0.1) is 0 Å². The van der Waals surface area contributed by atoms with E-state index in [-0.39, 0.29) is 0 Å². The molecule has 0 radical (unpaired) electrons. The van der Waals surface area contributed by atoms with Crippen molar-refractivity contribution in [1.82, 2.24) is 0 Å². The van der Waals surface area contributed by atoms with Gasteiger partial charge in [-0.25, -0.2) is 0 Å². The summed E-state index contributed by atoms with van der Waals surface area (Å²) in [5.74, 6) is 0. The zero-order valence-corrected chi connectivity index (χ0v) is 3.73. The number of alkyl halides is 3. The van der Waals surface area contributed by atoms with Crippen LogP contribution in [0.1, 0.15) is 0 Å². The van der Waals surface area contributed by atoms with Crippen molar-refractivity contribution in [2.45, 2.75) is 4.71 Å². The number of rotatable bonds is 0. The summed E-state index contributed by atoms with van der Waals surface area (Å²) in [5, 5.41) is 0. The third-order valence-corrected chi connectivity index (χ3v) is 0. The minimum atomic E-state index is -3.33. The normalized spacial score (nSPS) is 12.0. The van der Waals surface area contributed by atoms with E-state index >= 15 is 0 Å². The van der Waals surface area contributed by atoms with Gasteiger partial charge in [0.1, 0.15) is 0 Å². The lowest BCUT2D eigenvalue weighted by Crippen LogP contribution is -1.87. The van der Waals surface area contributed by atoms with Crippen LogP contribution in [-0.2, 0) is 0 Å². The molecule has 0 aliphatic heterocycles. The molecule has 0 aromatic carbocycles. The zero-order valence-electron chi connectivity index (χ0n) is 2.08. The smallest absolute Gasteiger partial charge is 0.177 e. The lowest BCUT2D eigenvalue weighted by Gasteiger charge is -1.89.